The minimum absolute atomic E-state index is 0.377. The standard InChI is InChI=1S/C19H20N2O2/c1-14(2)12-21-16-9-5-4-8-15(16)20-19(21)13-23-18-11-7-6-10-17(18)22-3/h4-11H,1,12-13H2,2-3H3. The monoisotopic (exact) mass is 308 g/mol. The highest BCUT2D eigenvalue weighted by Crippen LogP contribution is 2.27. The van der Waals surface area contributed by atoms with Gasteiger partial charge in [-0.25, -0.2) is 4.98 Å². The summed E-state index contributed by atoms with van der Waals surface area (Å²) in [6.07, 6.45) is 0. The minimum atomic E-state index is 0.377. The average molecular weight is 308 g/mol. The Labute approximate surface area is 136 Å². The summed E-state index contributed by atoms with van der Waals surface area (Å²) in [5.41, 5.74) is 3.13. The maximum Gasteiger partial charge on any atom is 0.161 e. The van der Waals surface area contributed by atoms with Crippen LogP contribution in [-0.4, -0.2) is 16.7 Å². The second-order valence-electron chi connectivity index (χ2n) is 5.50. The van der Waals surface area contributed by atoms with Crippen LogP contribution in [0.15, 0.2) is 60.7 Å². The van der Waals surface area contributed by atoms with Gasteiger partial charge in [0.25, 0.3) is 0 Å². The van der Waals surface area contributed by atoms with E-state index in [1.54, 1.807) is 7.11 Å². The number of nitrogens with zero attached hydrogens (tertiary/aromatic N) is 2. The predicted octanol–water partition coefficient (Wildman–Crippen LogP) is 4.20. The second kappa shape index (κ2) is 6.57. The Balaban J connectivity index is 1.91. The van der Waals surface area contributed by atoms with E-state index in [0.29, 0.717) is 12.4 Å². The molecule has 4 nitrogen and oxygen atoms in total. The molecule has 2 aromatic carbocycles. The number of para-hydroxylation sites is 4. The summed E-state index contributed by atoms with van der Waals surface area (Å²) in [5.74, 6) is 2.30. The number of hydrogen-bond donors (Lipinski definition) is 0. The fourth-order valence-electron chi connectivity index (χ4n) is 2.56. The van der Waals surface area contributed by atoms with Gasteiger partial charge in [0.05, 0.1) is 18.1 Å². The third kappa shape index (κ3) is 3.21. The van der Waals surface area contributed by atoms with Gasteiger partial charge in [-0.2, -0.15) is 0 Å². The van der Waals surface area contributed by atoms with Gasteiger partial charge in [-0.1, -0.05) is 36.4 Å². The first kappa shape index (κ1) is 15.2. The Morgan fingerprint density at radius 1 is 1.09 bits per heavy atom. The molecule has 3 aromatic rings. The number of fused-ring (bicyclic) bond motifs is 1. The lowest BCUT2D eigenvalue weighted by molar-refractivity contribution is 0.273. The highest BCUT2D eigenvalue weighted by molar-refractivity contribution is 5.76. The maximum absolute atomic E-state index is 5.93. The van der Waals surface area contributed by atoms with Gasteiger partial charge in [0.2, 0.25) is 0 Å². The van der Waals surface area contributed by atoms with Crippen molar-refractivity contribution in [3.63, 3.8) is 0 Å². The molecule has 0 N–H and O–H groups in total. The van der Waals surface area contributed by atoms with E-state index in [-0.39, 0.29) is 0 Å². The molecule has 0 unspecified atom stereocenters. The Morgan fingerprint density at radius 2 is 1.78 bits per heavy atom. The molecule has 0 bridgehead atoms. The first-order chi connectivity index (χ1) is 11.2. The zero-order valence-corrected chi connectivity index (χ0v) is 13.5. The smallest absolute Gasteiger partial charge is 0.161 e. The van der Waals surface area contributed by atoms with Gasteiger partial charge in [0.15, 0.2) is 11.5 Å². The Kier molecular flexibility index (Phi) is 4.33. The summed E-state index contributed by atoms with van der Waals surface area (Å²) >= 11 is 0. The number of ether oxygens (including phenoxy) is 2. The second-order valence-corrected chi connectivity index (χ2v) is 5.50. The first-order valence-corrected chi connectivity index (χ1v) is 7.53. The normalized spacial score (nSPS) is 10.7. The molecule has 0 spiro atoms. The van der Waals surface area contributed by atoms with Gasteiger partial charge in [0.1, 0.15) is 12.4 Å². The van der Waals surface area contributed by atoms with Crippen molar-refractivity contribution >= 4 is 11.0 Å². The molecule has 0 atom stereocenters. The van der Waals surface area contributed by atoms with Crippen LogP contribution >= 0.6 is 0 Å². The van der Waals surface area contributed by atoms with E-state index in [9.17, 15) is 0 Å². The maximum atomic E-state index is 5.93. The molecule has 0 radical (unpaired) electrons. The van der Waals surface area contributed by atoms with E-state index >= 15 is 0 Å². The highest BCUT2D eigenvalue weighted by Gasteiger charge is 2.12. The summed E-state index contributed by atoms with van der Waals surface area (Å²) in [6, 6.07) is 15.7. The van der Waals surface area contributed by atoms with Crippen molar-refractivity contribution in [1.82, 2.24) is 9.55 Å². The van der Waals surface area contributed by atoms with Crippen molar-refractivity contribution in [1.29, 1.82) is 0 Å². The van der Waals surface area contributed by atoms with Gasteiger partial charge < -0.3 is 14.0 Å². The number of hydrogen-bond acceptors (Lipinski definition) is 3. The number of allylic oxidation sites excluding steroid dienone is 1. The molecule has 0 fully saturated rings. The van der Waals surface area contributed by atoms with Crippen molar-refractivity contribution in [2.24, 2.45) is 0 Å². The average Bonchev–Trinajstić information content (AvgIpc) is 2.90. The van der Waals surface area contributed by atoms with Gasteiger partial charge in [0, 0.05) is 6.54 Å². The van der Waals surface area contributed by atoms with Crippen LogP contribution in [0, 0.1) is 0 Å². The van der Waals surface area contributed by atoms with Crippen LogP contribution in [0.25, 0.3) is 11.0 Å². The van der Waals surface area contributed by atoms with Crippen molar-refractivity contribution < 1.29 is 9.47 Å². The molecule has 1 aromatic heterocycles. The first-order valence-electron chi connectivity index (χ1n) is 7.53. The van der Waals surface area contributed by atoms with E-state index in [1.165, 1.54) is 0 Å². The molecule has 0 amide bonds. The molecule has 0 saturated heterocycles. The third-order valence-corrected chi connectivity index (χ3v) is 3.59. The van der Waals surface area contributed by atoms with E-state index < -0.39 is 0 Å². The Morgan fingerprint density at radius 3 is 2.52 bits per heavy atom. The number of aromatic nitrogens is 2. The summed E-state index contributed by atoms with van der Waals surface area (Å²) in [6.45, 7) is 7.13. The summed E-state index contributed by atoms with van der Waals surface area (Å²) in [5, 5.41) is 0. The fraction of sp³-hybridized carbons (Fsp3) is 0.211. The van der Waals surface area contributed by atoms with E-state index in [0.717, 1.165) is 34.7 Å². The van der Waals surface area contributed by atoms with Crippen LogP contribution < -0.4 is 9.47 Å². The Hall–Kier alpha value is -2.75. The fourth-order valence-corrected chi connectivity index (χ4v) is 2.56. The number of imidazole rings is 1. The van der Waals surface area contributed by atoms with Crippen LogP contribution in [0.2, 0.25) is 0 Å². The van der Waals surface area contributed by atoms with Gasteiger partial charge in [-0.15, -0.1) is 0 Å². The van der Waals surface area contributed by atoms with Crippen LogP contribution in [0.4, 0.5) is 0 Å². The van der Waals surface area contributed by atoms with Crippen molar-refractivity contribution in [2.45, 2.75) is 20.1 Å². The Bertz CT molecular complexity index is 836. The van der Waals surface area contributed by atoms with Crippen molar-refractivity contribution in [3.05, 3.63) is 66.5 Å². The van der Waals surface area contributed by atoms with E-state index in [1.807, 2.05) is 49.4 Å². The highest BCUT2D eigenvalue weighted by atomic mass is 16.5. The lowest BCUT2D eigenvalue weighted by Gasteiger charge is -2.12. The third-order valence-electron chi connectivity index (χ3n) is 3.59. The molecule has 3 rings (SSSR count). The van der Waals surface area contributed by atoms with E-state index in [2.05, 4.69) is 17.2 Å². The molecule has 23 heavy (non-hydrogen) atoms. The van der Waals surface area contributed by atoms with Crippen LogP contribution in [-0.2, 0) is 13.2 Å². The van der Waals surface area contributed by atoms with Crippen LogP contribution in [0.1, 0.15) is 12.7 Å². The molecule has 0 saturated carbocycles. The van der Waals surface area contributed by atoms with Crippen molar-refractivity contribution in [3.8, 4) is 11.5 Å². The molecule has 4 heteroatoms. The largest absolute Gasteiger partial charge is 0.493 e. The van der Waals surface area contributed by atoms with Crippen LogP contribution in [0.5, 0.6) is 11.5 Å². The lowest BCUT2D eigenvalue weighted by atomic mass is 10.3. The number of methoxy groups -OCH3 is 1. The molecule has 0 aliphatic carbocycles. The number of rotatable bonds is 6. The molecule has 1 heterocycles. The van der Waals surface area contributed by atoms with Crippen molar-refractivity contribution in [2.75, 3.05) is 7.11 Å². The molecule has 118 valence electrons. The van der Waals surface area contributed by atoms with Gasteiger partial charge in [-0.3, -0.25) is 0 Å². The predicted molar refractivity (Wildman–Crippen MR) is 91.9 cm³/mol. The molecular formula is C19H20N2O2. The van der Waals surface area contributed by atoms with Gasteiger partial charge in [-0.05, 0) is 31.2 Å². The van der Waals surface area contributed by atoms with Gasteiger partial charge >= 0.3 is 0 Å². The molecular weight excluding hydrogens is 288 g/mol. The lowest BCUT2D eigenvalue weighted by Crippen LogP contribution is -2.08. The summed E-state index contributed by atoms with van der Waals surface area (Å²) in [4.78, 5) is 4.69. The zero-order chi connectivity index (χ0) is 16.2. The topological polar surface area (TPSA) is 36.3 Å². The quantitative estimate of drug-likeness (QED) is 0.640. The van der Waals surface area contributed by atoms with E-state index in [4.69, 9.17) is 14.5 Å². The molecule has 0 aliphatic rings. The van der Waals surface area contributed by atoms with Crippen LogP contribution in [0.3, 0.4) is 0 Å². The number of benzene rings is 2. The zero-order valence-electron chi connectivity index (χ0n) is 13.5. The summed E-state index contributed by atoms with van der Waals surface area (Å²) in [7, 11) is 1.64. The SMILES string of the molecule is C=C(C)Cn1c(COc2ccccc2OC)nc2ccccc21. The molecule has 0 aliphatic heterocycles. The summed E-state index contributed by atoms with van der Waals surface area (Å²) < 4.78 is 13.4. The minimum Gasteiger partial charge on any atom is -0.493 e.